The first kappa shape index (κ1) is 17.2. The Morgan fingerprint density at radius 3 is 2.43 bits per heavy atom. The molecule has 0 radical (unpaired) electrons. The lowest BCUT2D eigenvalue weighted by atomic mass is 10.2. The molecule has 21 heavy (non-hydrogen) atoms. The minimum Gasteiger partial charge on any atom is -0.392 e. The van der Waals surface area contributed by atoms with Gasteiger partial charge in [-0.3, -0.25) is 10.1 Å². The molecule has 2 N–H and O–H groups in total. The maximum absolute atomic E-state index is 12.4. The fourth-order valence-corrected chi connectivity index (χ4v) is 2.15. The van der Waals surface area contributed by atoms with E-state index in [1.807, 2.05) is 0 Å². The highest BCUT2D eigenvalue weighted by molar-refractivity contribution is 7.92. The van der Waals surface area contributed by atoms with E-state index in [4.69, 9.17) is 5.11 Å². The maximum atomic E-state index is 12.4. The van der Waals surface area contributed by atoms with Crippen molar-refractivity contribution in [3.8, 4) is 0 Å². The van der Waals surface area contributed by atoms with Crippen molar-refractivity contribution >= 4 is 21.2 Å². The first-order valence-corrected chi connectivity index (χ1v) is 6.97. The lowest BCUT2D eigenvalue weighted by Crippen LogP contribution is -2.23. The van der Waals surface area contributed by atoms with Gasteiger partial charge in [0.15, 0.2) is 0 Å². The molecular weight excluding hydrogens is 317 g/mol. The molecule has 0 bridgehead atoms. The monoisotopic (exact) mass is 328 g/mol. The Labute approximate surface area is 117 Å². The van der Waals surface area contributed by atoms with E-state index in [1.165, 1.54) is 6.92 Å². The molecule has 0 spiro atoms. The van der Waals surface area contributed by atoms with Crippen LogP contribution in [0.25, 0.3) is 0 Å². The molecule has 0 aliphatic carbocycles. The quantitative estimate of drug-likeness (QED) is 0.628. The van der Waals surface area contributed by atoms with Gasteiger partial charge in [-0.1, -0.05) is 0 Å². The molecule has 0 aliphatic rings. The van der Waals surface area contributed by atoms with Crippen LogP contribution < -0.4 is 5.32 Å². The summed E-state index contributed by atoms with van der Waals surface area (Å²) < 4.78 is 59.6. The second-order valence-electron chi connectivity index (χ2n) is 4.12. The Balaban J connectivity index is 3.31. The molecule has 1 unspecified atom stereocenters. The minimum atomic E-state index is -5.66. The van der Waals surface area contributed by atoms with Gasteiger partial charge in [-0.2, -0.15) is 13.2 Å². The summed E-state index contributed by atoms with van der Waals surface area (Å²) in [6, 6.07) is 1.78. The van der Waals surface area contributed by atoms with E-state index in [2.05, 4.69) is 5.32 Å². The fraction of sp³-hybridized carbons (Fsp3) is 0.400. The summed E-state index contributed by atoms with van der Waals surface area (Å²) in [5.41, 5.74) is -6.57. The Hall–Kier alpha value is -1.88. The lowest BCUT2D eigenvalue weighted by Gasteiger charge is -2.11. The second-order valence-corrected chi connectivity index (χ2v) is 6.06. The molecule has 1 atom stereocenters. The van der Waals surface area contributed by atoms with Crippen LogP contribution in [0, 0.1) is 10.1 Å². The Kier molecular flexibility index (Phi) is 4.79. The van der Waals surface area contributed by atoms with Crippen molar-refractivity contribution in [3.63, 3.8) is 0 Å². The third kappa shape index (κ3) is 3.82. The highest BCUT2D eigenvalue weighted by atomic mass is 32.2. The molecule has 0 saturated heterocycles. The zero-order valence-electron chi connectivity index (χ0n) is 10.6. The molecule has 1 rings (SSSR count). The van der Waals surface area contributed by atoms with Crippen molar-refractivity contribution in [2.75, 3.05) is 11.9 Å². The van der Waals surface area contributed by atoms with Gasteiger partial charge >= 0.3 is 5.51 Å². The van der Waals surface area contributed by atoms with Crippen molar-refractivity contribution in [2.24, 2.45) is 0 Å². The van der Waals surface area contributed by atoms with Gasteiger partial charge in [-0.25, -0.2) is 8.42 Å². The number of nitro groups is 1. The van der Waals surface area contributed by atoms with Crippen LogP contribution in [-0.2, 0) is 9.84 Å². The summed E-state index contributed by atoms with van der Waals surface area (Å²) in [6.45, 7) is 1.30. The SMILES string of the molecule is CC(O)CNc1ccc(S(=O)(=O)C(F)(F)F)cc1[N+](=O)[O-]. The molecule has 118 valence electrons. The Morgan fingerprint density at radius 2 is 2.00 bits per heavy atom. The van der Waals surface area contributed by atoms with Crippen molar-refractivity contribution in [1.82, 2.24) is 0 Å². The molecule has 0 amide bonds. The Bertz CT molecular complexity index is 643. The van der Waals surface area contributed by atoms with E-state index in [0.717, 1.165) is 6.07 Å². The van der Waals surface area contributed by atoms with Crippen LogP contribution in [0.2, 0.25) is 0 Å². The zero-order chi connectivity index (χ0) is 16.4. The highest BCUT2D eigenvalue weighted by Crippen LogP contribution is 2.34. The number of hydrogen-bond donors (Lipinski definition) is 2. The van der Waals surface area contributed by atoms with E-state index in [0.29, 0.717) is 12.1 Å². The van der Waals surface area contributed by atoms with Gasteiger partial charge in [0, 0.05) is 12.6 Å². The topological polar surface area (TPSA) is 110 Å². The largest absolute Gasteiger partial charge is 0.501 e. The van der Waals surface area contributed by atoms with E-state index in [-0.39, 0.29) is 12.2 Å². The third-order valence-electron chi connectivity index (χ3n) is 2.37. The number of aliphatic hydroxyl groups is 1. The minimum absolute atomic E-state index is 0.0911. The number of nitro benzene ring substituents is 1. The van der Waals surface area contributed by atoms with Crippen molar-refractivity contribution in [1.29, 1.82) is 0 Å². The summed E-state index contributed by atoms with van der Waals surface area (Å²) in [5.74, 6) is 0. The molecule has 7 nitrogen and oxygen atoms in total. The number of benzene rings is 1. The third-order valence-corrected chi connectivity index (χ3v) is 3.85. The van der Waals surface area contributed by atoms with Gasteiger partial charge in [0.25, 0.3) is 15.5 Å². The molecular formula is C10H11F3N2O5S. The number of halogens is 3. The fourth-order valence-electron chi connectivity index (χ4n) is 1.37. The van der Waals surface area contributed by atoms with Crippen LogP contribution in [0.1, 0.15) is 6.92 Å². The average molecular weight is 328 g/mol. The normalized spacial score (nSPS) is 13.8. The predicted molar refractivity (Wildman–Crippen MR) is 66.5 cm³/mol. The van der Waals surface area contributed by atoms with Gasteiger partial charge < -0.3 is 10.4 Å². The number of hydrogen-bond acceptors (Lipinski definition) is 6. The van der Waals surface area contributed by atoms with Crippen LogP contribution in [-0.4, -0.2) is 36.6 Å². The molecule has 1 aromatic rings. The van der Waals surface area contributed by atoms with E-state index in [9.17, 15) is 31.7 Å². The van der Waals surface area contributed by atoms with Crippen molar-refractivity contribution in [2.45, 2.75) is 23.4 Å². The van der Waals surface area contributed by atoms with Crippen LogP contribution in [0.4, 0.5) is 24.5 Å². The van der Waals surface area contributed by atoms with Crippen LogP contribution in [0.5, 0.6) is 0 Å². The number of nitrogens with one attached hydrogen (secondary N) is 1. The van der Waals surface area contributed by atoms with Crippen molar-refractivity contribution in [3.05, 3.63) is 28.3 Å². The molecule has 0 fully saturated rings. The summed E-state index contributed by atoms with van der Waals surface area (Å²) in [6.07, 6.45) is -0.858. The van der Waals surface area contributed by atoms with E-state index >= 15 is 0 Å². The van der Waals surface area contributed by atoms with Gasteiger partial charge in [0.1, 0.15) is 5.69 Å². The number of rotatable bonds is 5. The van der Waals surface area contributed by atoms with Gasteiger partial charge in [-0.15, -0.1) is 0 Å². The smallest absolute Gasteiger partial charge is 0.392 e. The first-order chi connectivity index (χ1) is 9.46. The summed E-state index contributed by atoms with van der Waals surface area (Å²) >= 11 is 0. The average Bonchev–Trinajstić information content (AvgIpc) is 2.34. The molecule has 0 saturated carbocycles. The standard InChI is InChI=1S/C10H11F3N2O5S/c1-6(16)5-14-8-3-2-7(4-9(8)15(17)18)21(19,20)10(11,12)13/h2-4,6,14,16H,5H2,1H3. The number of sulfone groups is 1. The molecule has 0 heterocycles. The predicted octanol–water partition coefficient (Wildman–Crippen LogP) is 1.68. The molecule has 0 aliphatic heterocycles. The van der Waals surface area contributed by atoms with Crippen LogP contribution >= 0.6 is 0 Å². The van der Waals surface area contributed by atoms with E-state index < -0.39 is 37.0 Å². The summed E-state index contributed by atoms with van der Waals surface area (Å²) in [4.78, 5) is 8.59. The molecule has 1 aromatic carbocycles. The lowest BCUT2D eigenvalue weighted by molar-refractivity contribution is -0.384. The number of alkyl halides is 3. The Morgan fingerprint density at radius 1 is 1.43 bits per heavy atom. The molecule has 0 aromatic heterocycles. The van der Waals surface area contributed by atoms with E-state index in [1.54, 1.807) is 0 Å². The van der Waals surface area contributed by atoms with Gasteiger partial charge in [-0.05, 0) is 19.1 Å². The number of anilines is 1. The highest BCUT2D eigenvalue weighted by Gasteiger charge is 2.47. The van der Waals surface area contributed by atoms with Gasteiger partial charge in [0.05, 0.1) is 15.9 Å². The van der Waals surface area contributed by atoms with Crippen molar-refractivity contribution < 1.29 is 31.6 Å². The van der Waals surface area contributed by atoms with Gasteiger partial charge in [0.2, 0.25) is 0 Å². The summed E-state index contributed by atoms with van der Waals surface area (Å²) in [7, 11) is -5.66. The first-order valence-electron chi connectivity index (χ1n) is 5.48. The maximum Gasteiger partial charge on any atom is 0.501 e. The van der Waals surface area contributed by atoms with Crippen LogP contribution in [0.15, 0.2) is 23.1 Å². The zero-order valence-corrected chi connectivity index (χ0v) is 11.4. The number of nitrogens with zero attached hydrogens (tertiary/aromatic N) is 1. The summed E-state index contributed by atoms with van der Waals surface area (Å²) in [5, 5.41) is 22.3. The number of aliphatic hydroxyl groups excluding tert-OH is 1. The molecule has 11 heteroatoms. The second kappa shape index (κ2) is 5.85. The van der Waals surface area contributed by atoms with Crippen LogP contribution in [0.3, 0.4) is 0 Å².